The van der Waals surface area contributed by atoms with Gasteiger partial charge in [-0.2, -0.15) is 0 Å². The van der Waals surface area contributed by atoms with Gasteiger partial charge in [-0.25, -0.2) is 4.39 Å². The molecule has 0 aromatic heterocycles. The van der Waals surface area contributed by atoms with Crippen LogP contribution in [0.25, 0.3) is 0 Å². The molecule has 27 heavy (non-hydrogen) atoms. The van der Waals surface area contributed by atoms with Gasteiger partial charge in [-0.15, -0.1) is 0 Å². The van der Waals surface area contributed by atoms with Gasteiger partial charge in [0.2, 0.25) is 5.91 Å². The number of rotatable bonds is 6. The molecule has 1 amide bonds. The minimum absolute atomic E-state index is 0.0737. The molecule has 2 heterocycles. The van der Waals surface area contributed by atoms with Crippen LogP contribution in [0.2, 0.25) is 0 Å². The van der Waals surface area contributed by atoms with Gasteiger partial charge < -0.3 is 9.80 Å². The minimum atomic E-state index is -0.0970. The van der Waals surface area contributed by atoms with Gasteiger partial charge in [0.15, 0.2) is 0 Å². The number of hydrogen-bond donors (Lipinski definition) is 0. The highest BCUT2D eigenvalue weighted by atomic mass is 19.1. The summed E-state index contributed by atoms with van der Waals surface area (Å²) in [5.74, 6) is 0.775. The van der Waals surface area contributed by atoms with E-state index in [0.29, 0.717) is 11.8 Å². The molecule has 0 aliphatic carbocycles. The number of halogens is 1. The topological polar surface area (TPSA) is 26.8 Å². The van der Waals surface area contributed by atoms with Crippen LogP contribution >= 0.6 is 0 Å². The number of likely N-dealkylation sites (N-methyl/N-ethyl adjacent to an activating group) is 2. The van der Waals surface area contributed by atoms with Crippen LogP contribution in [0, 0.1) is 11.7 Å². The lowest BCUT2D eigenvalue weighted by Crippen LogP contribution is -2.49. The maximum absolute atomic E-state index is 13.7. The van der Waals surface area contributed by atoms with Crippen LogP contribution in [0.1, 0.15) is 37.7 Å². The lowest BCUT2D eigenvalue weighted by Gasteiger charge is -2.37. The summed E-state index contributed by atoms with van der Waals surface area (Å²) < 4.78 is 13.7. The van der Waals surface area contributed by atoms with Crippen molar-refractivity contribution in [3.8, 4) is 0 Å². The van der Waals surface area contributed by atoms with Crippen molar-refractivity contribution in [1.82, 2.24) is 14.7 Å². The van der Waals surface area contributed by atoms with Crippen molar-refractivity contribution in [3.05, 3.63) is 35.6 Å². The van der Waals surface area contributed by atoms with Gasteiger partial charge in [0.05, 0.1) is 6.04 Å². The van der Waals surface area contributed by atoms with Crippen molar-refractivity contribution in [1.29, 1.82) is 0 Å². The second kappa shape index (κ2) is 9.65. The zero-order valence-electron chi connectivity index (χ0n) is 16.9. The van der Waals surface area contributed by atoms with Gasteiger partial charge in [0.25, 0.3) is 0 Å². The Morgan fingerprint density at radius 3 is 2.59 bits per heavy atom. The number of carbonyl (C=O) groups is 1. The van der Waals surface area contributed by atoms with E-state index in [4.69, 9.17) is 0 Å². The first kappa shape index (κ1) is 20.3. The van der Waals surface area contributed by atoms with Crippen molar-refractivity contribution >= 4 is 5.91 Å². The summed E-state index contributed by atoms with van der Waals surface area (Å²) in [5, 5.41) is 0. The quantitative estimate of drug-likeness (QED) is 0.765. The molecule has 1 aromatic rings. The van der Waals surface area contributed by atoms with E-state index >= 15 is 0 Å². The maximum atomic E-state index is 13.7. The smallest absolute Gasteiger partial charge is 0.239 e. The molecular formula is C22H34FN3O. The zero-order valence-corrected chi connectivity index (χ0v) is 16.9. The Balaban J connectivity index is 1.40. The number of amides is 1. The summed E-state index contributed by atoms with van der Waals surface area (Å²) >= 11 is 0. The Morgan fingerprint density at radius 1 is 1.15 bits per heavy atom. The minimum Gasteiger partial charge on any atom is -0.344 e. The summed E-state index contributed by atoms with van der Waals surface area (Å²) in [4.78, 5) is 19.4. The molecule has 3 rings (SSSR count). The summed E-state index contributed by atoms with van der Waals surface area (Å²) in [6.45, 7) is 4.90. The number of benzene rings is 1. The fourth-order valence-electron chi connectivity index (χ4n) is 4.49. The lowest BCUT2D eigenvalue weighted by atomic mass is 9.95. The Morgan fingerprint density at radius 2 is 1.89 bits per heavy atom. The Kier molecular flexibility index (Phi) is 7.25. The van der Waals surface area contributed by atoms with E-state index < -0.39 is 0 Å². The molecular weight excluding hydrogens is 341 g/mol. The average molecular weight is 376 g/mol. The Labute approximate surface area is 163 Å². The third-order valence-corrected chi connectivity index (χ3v) is 6.33. The highest BCUT2D eigenvalue weighted by Crippen LogP contribution is 2.21. The fourth-order valence-corrected chi connectivity index (χ4v) is 4.49. The number of carbonyl (C=O) groups excluding carboxylic acids is 1. The van der Waals surface area contributed by atoms with Crippen LogP contribution in [0.3, 0.4) is 0 Å². The first-order chi connectivity index (χ1) is 13.0. The molecule has 0 N–H and O–H groups in total. The number of piperidine rings is 2. The van der Waals surface area contributed by atoms with E-state index in [1.54, 1.807) is 6.07 Å². The summed E-state index contributed by atoms with van der Waals surface area (Å²) in [6.07, 6.45) is 6.37. The van der Waals surface area contributed by atoms with Gasteiger partial charge in [-0.05, 0) is 76.3 Å². The molecule has 0 saturated carbocycles. The monoisotopic (exact) mass is 375 g/mol. The van der Waals surface area contributed by atoms with Gasteiger partial charge in [0, 0.05) is 20.1 Å². The van der Waals surface area contributed by atoms with Crippen LogP contribution in [0.15, 0.2) is 24.3 Å². The van der Waals surface area contributed by atoms with Crippen LogP contribution < -0.4 is 0 Å². The van der Waals surface area contributed by atoms with Crippen LogP contribution in [0.5, 0.6) is 0 Å². The summed E-state index contributed by atoms with van der Waals surface area (Å²) in [6, 6.07) is 7.14. The second-order valence-corrected chi connectivity index (χ2v) is 8.34. The molecule has 4 nitrogen and oxygen atoms in total. The van der Waals surface area contributed by atoms with Crippen molar-refractivity contribution in [2.24, 2.45) is 5.92 Å². The van der Waals surface area contributed by atoms with Crippen LogP contribution in [-0.4, -0.2) is 73.5 Å². The number of hydrogen-bond acceptors (Lipinski definition) is 3. The number of likely N-dealkylation sites (tertiary alicyclic amines) is 2. The molecule has 2 aliphatic rings. The summed E-state index contributed by atoms with van der Waals surface area (Å²) in [7, 11) is 4.04. The molecule has 0 spiro atoms. The predicted octanol–water partition coefficient (Wildman–Crippen LogP) is 3.02. The third kappa shape index (κ3) is 5.52. The molecule has 0 radical (unpaired) electrons. The van der Waals surface area contributed by atoms with Crippen molar-refractivity contribution in [2.45, 2.75) is 44.6 Å². The van der Waals surface area contributed by atoms with E-state index in [1.165, 1.54) is 12.5 Å². The number of nitrogens with zero attached hydrogens (tertiary/aromatic N) is 3. The first-order valence-electron chi connectivity index (χ1n) is 10.5. The molecule has 1 aromatic carbocycles. The second-order valence-electron chi connectivity index (χ2n) is 8.34. The molecule has 150 valence electrons. The Hall–Kier alpha value is -1.46. The van der Waals surface area contributed by atoms with Gasteiger partial charge >= 0.3 is 0 Å². The first-order valence-corrected chi connectivity index (χ1v) is 10.5. The molecule has 2 fully saturated rings. The summed E-state index contributed by atoms with van der Waals surface area (Å²) in [5.41, 5.74) is 0.807. The van der Waals surface area contributed by atoms with Gasteiger partial charge in [-0.3, -0.25) is 9.69 Å². The lowest BCUT2D eigenvalue weighted by molar-refractivity contribution is -0.137. The fraction of sp³-hybridized carbons (Fsp3) is 0.682. The SMILES string of the molecule is CN(CC1CCN(CCc2ccccc2F)CC1)C(=O)[C@@H]1CCCCN1C. The molecule has 5 heteroatoms. The standard InChI is InChI=1S/C22H34FN3O/c1-24-13-6-5-9-21(24)22(27)25(2)17-18-10-14-26(15-11-18)16-12-19-7-3-4-8-20(19)23/h3-4,7-8,18,21H,5-6,9-17H2,1-2H3/t21-/m0/s1. The van der Waals surface area contributed by atoms with Crippen LogP contribution in [0.4, 0.5) is 4.39 Å². The van der Waals surface area contributed by atoms with E-state index in [0.717, 1.165) is 70.4 Å². The maximum Gasteiger partial charge on any atom is 0.239 e. The predicted molar refractivity (Wildman–Crippen MR) is 107 cm³/mol. The molecule has 1 atom stereocenters. The van der Waals surface area contributed by atoms with Gasteiger partial charge in [-0.1, -0.05) is 24.6 Å². The van der Waals surface area contributed by atoms with Crippen molar-refractivity contribution in [2.75, 3.05) is 46.8 Å². The highest BCUT2D eigenvalue weighted by molar-refractivity contribution is 5.81. The molecule has 2 aliphatic heterocycles. The molecule has 2 saturated heterocycles. The van der Waals surface area contributed by atoms with Crippen LogP contribution in [-0.2, 0) is 11.2 Å². The highest BCUT2D eigenvalue weighted by Gasteiger charge is 2.30. The van der Waals surface area contributed by atoms with E-state index in [9.17, 15) is 9.18 Å². The average Bonchev–Trinajstić information content (AvgIpc) is 2.68. The van der Waals surface area contributed by atoms with E-state index in [2.05, 4.69) is 16.8 Å². The molecule has 0 unspecified atom stereocenters. The largest absolute Gasteiger partial charge is 0.344 e. The van der Waals surface area contributed by atoms with E-state index in [-0.39, 0.29) is 11.9 Å². The molecule has 0 bridgehead atoms. The third-order valence-electron chi connectivity index (χ3n) is 6.33. The Bertz CT molecular complexity index is 615. The van der Waals surface area contributed by atoms with Crippen molar-refractivity contribution in [3.63, 3.8) is 0 Å². The normalized spacial score (nSPS) is 22.7. The van der Waals surface area contributed by atoms with E-state index in [1.807, 2.05) is 24.1 Å². The zero-order chi connectivity index (χ0) is 19.2. The van der Waals surface area contributed by atoms with Crippen molar-refractivity contribution < 1.29 is 9.18 Å². The van der Waals surface area contributed by atoms with Gasteiger partial charge in [0.1, 0.15) is 5.82 Å².